The first-order valence-corrected chi connectivity index (χ1v) is 13.6. The van der Waals surface area contributed by atoms with Crippen molar-refractivity contribution in [2.24, 2.45) is 0 Å². The first-order chi connectivity index (χ1) is 17.0. The molecule has 2 amide bonds. The molecule has 0 bridgehead atoms. The van der Waals surface area contributed by atoms with Crippen LogP contribution in [-0.2, 0) is 32.0 Å². The molecule has 3 aliphatic heterocycles. The van der Waals surface area contributed by atoms with Crippen molar-refractivity contribution in [1.29, 1.82) is 0 Å². The lowest BCUT2D eigenvalue weighted by Gasteiger charge is -2.18. The Morgan fingerprint density at radius 1 is 1.23 bits per heavy atom. The van der Waals surface area contributed by atoms with Crippen LogP contribution in [0.1, 0.15) is 43.7 Å². The predicted molar refractivity (Wildman–Crippen MR) is 142 cm³/mol. The smallest absolute Gasteiger partial charge is 0.266 e. The molecule has 9 heteroatoms. The van der Waals surface area contributed by atoms with E-state index in [-0.39, 0.29) is 30.6 Å². The molecule has 0 unspecified atom stereocenters. The molecule has 0 radical (unpaired) electrons. The molecule has 0 saturated carbocycles. The van der Waals surface area contributed by atoms with Crippen LogP contribution in [0.2, 0.25) is 0 Å². The minimum Gasteiger partial charge on any atom is -0.376 e. The number of aryl methyl sites for hydroxylation is 1. The number of nitrogens with one attached hydrogen (secondary N) is 1. The highest BCUT2D eigenvalue weighted by molar-refractivity contribution is 8.26. The standard InChI is InChI=1S/C26H31N3O4S2/c1-2-17-6-3-9-21-18(12-22-25(31)29(26(34)35-22)15-20-8-5-11-33-20)14-28(24(17)21)16-23(30)27-13-19-7-4-10-32-19/h3,6,9,12,14,19-20H,2,4-5,7-8,10-11,13,15-16H2,1H3,(H,27,30)/b22-12-/t19-,20-/m0/s1. The van der Waals surface area contributed by atoms with Crippen LogP contribution in [0, 0.1) is 0 Å². The highest BCUT2D eigenvalue weighted by Gasteiger charge is 2.34. The van der Waals surface area contributed by atoms with E-state index in [1.165, 1.54) is 17.3 Å². The van der Waals surface area contributed by atoms with Gasteiger partial charge in [-0.15, -0.1) is 0 Å². The van der Waals surface area contributed by atoms with Gasteiger partial charge in [0.2, 0.25) is 5.91 Å². The van der Waals surface area contributed by atoms with Crippen molar-refractivity contribution in [3.8, 4) is 0 Å². The molecule has 1 aromatic heterocycles. The lowest BCUT2D eigenvalue weighted by Crippen LogP contribution is -2.35. The number of benzene rings is 1. The maximum atomic E-state index is 13.2. The Morgan fingerprint density at radius 2 is 2.00 bits per heavy atom. The van der Waals surface area contributed by atoms with Crippen LogP contribution in [0.5, 0.6) is 0 Å². The van der Waals surface area contributed by atoms with E-state index < -0.39 is 0 Å². The molecule has 1 N–H and O–H groups in total. The number of nitrogens with zero attached hydrogens (tertiary/aromatic N) is 2. The second-order valence-corrected chi connectivity index (χ2v) is 10.9. The Hall–Kier alpha value is -2.20. The zero-order valence-corrected chi connectivity index (χ0v) is 21.6. The number of fused-ring (bicyclic) bond motifs is 1. The molecule has 5 rings (SSSR count). The third kappa shape index (κ3) is 5.33. The van der Waals surface area contributed by atoms with Crippen LogP contribution in [-0.4, -0.2) is 64.1 Å². The van der Waals surface area contributed by atoms with Gasteiger partial charge in [-0.3, -0.25) is 14.5 Å². The van der Waals surface area contributed by atoms with Gasteiger partial charge in [0, 0.05) is 36.9 Å². The number of carbonyl (C=O) groups excluding carboxylic acids is 2. The summed E-state index contributed by atoms with van der Waals surface area (Å²) in [4.78, 5) is 28.2. The minimum atomic E-state index is -0.0719. The van der Waals surface area contributed by atoms with Gasteiger partial charge in [-0.05, 0) is 43.7 Å². The molecule has 3 aliphatic rings. The molecule has 3 saturated heterocycles. The van der Waals surface area contributed by atoms with Crippen molar-refractivity contribution in [3.05, 3.63) is 40.4 Å². The van der Waals surface area contributed by atoms with E-state index in [9.17, 15) is 9.59 Å². The molecular weight excluding hydrogens is 482 g/mol. The topological polar surface area (TPSA) is 72.8 Å². The van der Waals surface area contributed by atoms with Crippen molar-refractivity contribution in [3.63, 3.8) is 0 Å². The molecule has 3 fully saturated rings. The van der Waals surface area contributed by atoms with Crippen LogP contribution in [0.4, 0.5) is 0 Å². The molecule has 2 atom stereocenters. The summed E-state index contributed by atoms with van der Waals surface area (Å²) < 4.78 is 13.9. The summed E-state index contributed by atoms with van der Waals surface area (Å²) in [6.45, 7) is 4.89. The van der Waals surface area contributed by atoms with Crippen LogP contribution in [0.15, 0.2) is 29.3 Å². The molecule has 35 heavy (non-hydrogen) atoms. The number of ether oxygens (including phenoxy) is 2. The SMILES string of the molecule is CCc1cccc2c(/C=C3\SC(=S)N(C[C@@H]4CCCO4)C3=O)cn(CC(=O)NC[C@@H]3CCCO3)c12. The number of amides is 2. The summed E-state index contributed by atoms with van der Waals surface area (Å²) in [7, 11) is 0. The summed E-state index contributed by atoms with van der Waals surface area (Å²) in [5.74, 6) is -0.116. The average molecular weight is 514 g/mol. The number of carbonyl (C=O) groups is 2. The van der Waals surface area contributed by atoms with E-state index in [2.05, 4.69) is 18.3 Å². The third-order valence-electron chi connectivity index (χ3n) is 6.83. The maximum Gasteiger partial charge on any atom is 0.266 e. The van der Waals surface area contributed by atoms with Gasteiger partial charge in [-0.2, -0.15) is 0 Å². The van der Waals surface area contributed by atoms with E-state index in [0.717, 1.165) is 61.8 Å². The maximum absolute atomic E-state index is 13.2. The fraction of sp³-hybridized carbons (Fsp3) is 0.500. The van der Waals surface area contributed by atoms with E-state index in [4.69, 9.17) is 21.7 Å². The van der Waals surface area contributed by atoms with Gasteiger partial charge < -0.3 is 19.4 Å². The zero-order chi connectivity index (χ0) is 24.4. The van der Waals surface area contributed by atoms with Crippen LogP contribution < -0.4 is 5.32 Å². The molecular formula is C26H31N3O4S2. The second-order valence-electron chi connectivity index (χ2n) is 9.25. The summed E-state index contributed by atoms with van der Waals surface area (Å²) in [5, 5.41) is 4.04. The second kappa shape index (κ2) is 10.8. The fourth-order valence-corrected chi connectivity index (χ4v) is 6.29. The molecule has 7 nitrogen and oxygen atoms in total. The molecule has 0 aliphatic carbocycles. The Labute approximate surface area is 215 Å². The zero-order valence-electron chi connectivity index (χ0n) is 20.0. The highest BCUT2D eigenvalue weighted by atomic mass is 32.2. The third-order valence-corrected chi connectivity index (χ3v) is 8.21. The van der Waals surface area contributed by atoms with E-state index in [1.807, 2.05) is 29.0 Å². The highest BCUT2D eigenvalue weighted by Crippen LogP contribution is 2.35. The number of thioether (sulfide) groups is 1. The predicted octanol–water partition coefficient (Wildman–Crippen LogP) is 3.88. The largest absolute Gasteiger partial charge is 0.376 e. The molecule has 1 aromatic carbocycles. The lowest BCUT2D eigenvalue weighted by molar-refractivity contribution is -0.123. The molecule has 186 valence electrons. The van der Waals surface area contributed by atoms with E-state index in [0.29, 0.717) is 22.3 Å². The number of aromatic nitrogens is 1. The average Bonchev–Trinajstić information content (AvgIpc) is 3.65. The number of hydrogen-bond acceptors (Lipinski definition) is 6. The van der Waals surface area contributed by atoms with Crippen molar-refractivity contribution < 1.29 is 19.1 Å². The number of hydrogen-bond donors (Lipinski definition) is 1. The summed E-state index contributed by atoms with van der Waals surface area (Å²) in [5.41, 5.74) is 3.11. The van der Waals surface area contributed by atoms with E-state index in [1.54, 1.807) is 4.90 Å². The normalized spacial score (nSPS) is 23.8. The van der Waals surface area contributed by atoms with Gasteiger partial charge in [0.25, 0.3) is 5.91 Å². The first kappa shape index (κ1) is 24.5. The number of rotatable bonds is 8. The quantitative estimate of drug-likeness (QED) is 0.427. The van der Waals surface area contributed by atoms with Gasteiger partial charge in [-0.1, -0.05) is 49.1 Å². The van der Waals surface area contributed by atoms with Gasteiger partial charge >= 0.3 is 0 Å². The lowest BCUT2D eigenvalue weighted by atomic mass is 10.1. The monoisotopic (exact) mass is 513 g/mol. The van der Waals surface area contributed by atoms with Crippen molar-refractivity contribution in [2.45, 2.75) is 57.8 Å². The van der Waals surface area contributed by atoms with Crippen molar-refractivity contribution in [1.82, 2.24) is 14.8 Å². The van der Waals surface area contributed by atoms with Crippen molar-refractivity contribution >= 4 is 57.1 Å². The summed E-state index contributed by atoms with van der Waals surface area (Å²) >= 11 is 6.86. The Kier molecular flexibility index (Phi) is 7.57. The number of para-hydroxylation sites is 1. The van der Waals surface area contributed by atoms with Crippen LogP contribution in [0.3, 0.4) is 0 Å². The summed E-state index contributed by atoms with van der Waals surface area (Å²) in [6, 6.07) is 6.17. The molecule has 0 spiro atoms. The minimum absolute atomic E-state index is 0.0438. The molecule has 4 heterocycles. The Morgan fingerprint density at radius 3 is 2.71 bits per heavy atom. The summed E-state index contributed by atoms with van der Waals surface area (Å²) in [6.07, 6.45) is 8.92. The number of thiocarbonyl (C=S) groups is 1. The Balaban J connectivity index is 1.39. The van der Waals surface area contributed by atoms with Gasteiger partial charge in [0.1, 0.15) is 10.9 Å². The fourth-order valence-electron chi connectivity index (χ4n) is 5.02. The van der Waals surface area contributed by atoms with Gasteiger partial charge in [0.15, 0.2) is 0 Å². The van der Waals surface area contributed by atoms with E-state index >= 15 is 0 Å². The molecule has 2 aromatic rings. The van der Waals surface area contributed by atoms with Gasteiger partial charge in [-0.25, -0.2) is 0 Å². The Bertz CT molecular complexity index is 1160. The van der Waals surface area contributed by atoms with Crippen LogP contribution >= 0.6 is 24.0 Å². The van der Waals surface area contributed by atoms with Crippen LogP contribution in [0.25, 0.3) is 17.0 Å². The van der Waals surface area contributed by atoms with Crippen molar-refractivity contribution in [2.75, 3.05) is 26.3 Å². The van der Waals surface area contributed by atoms with Gasteiger partial charge in [0.05, 0.1) is 29.2 Å². The first-order valence-electron chi connectivity index (χ1n) is 12.4.